The van der Waals surface area contributed by atoms with Crippen molar-refractivity contribution in [1.82, 2.24) is 5.32 Å². The number of alkyl halides is 1. The second-order valence-electron chi connectivity index (χ2n) is 8.60. The minimum Gasteiger partial charge on any atom is -0.359 e. The molecule has 5 heteroatoms. The summed E-state index contributed by atoms with van der Waals surface area (Å²) in [7, 11) is 0. The number of carbonyl (C=O) groups excluding carboxylic acids is 1. The third kappa shape index (κ3) is 2.15. The molecule has 3 atom stereocenters. The highest BCUT2D eigenvalue weighted by atomic mass is 32.2. The molecule has 1 heterocycles. The van der Waals surface area contributed by atoms with Gasteiger partial charge in [0, 0.05) is 12.0 Å². The average molecular weight is 324 g/mol. The van der Waals surface area contributed by atoms with Crippen LogP contribution in [0.1, 0.15) is 59.3 Å². The van der Waals surface area contributed by atoms with Crippen LogP contribution in [0.3, 0.4) is 0 Å². The summed E-state index contributed by atoms with van der Waals surface area (Å²) in [6.07, 6.45) is 5.36. The van der Waals surface area contributed by atoms with Crippen molar-refractivity contribution in [2.45, 2.75) is 75.3 Å². The highest BCUT2D eigenvalue weighted by Crippen LogP contribution is 2.59. The van der Waals surface area contributed by atoms with E-state index >= 15 is 4.39 Å². The van der Waals surface area contributed by atoms with E-state index in [9.17, 15) is 4.79 Å². The molecule has 0 aromatic rings. The lowest BCUT2D eigenvalue weighted by Crippen LogP contribution is -2.64. The van der Waals surface area contributed by atoms with Crippen molar-refractivity contribution in [3.63, 3.8) is 0 Å². The first-order valence-electron chi connectivity index (χ1n) is 8.51. The summed E-state index contributed by atoms with van der Waals surface area (Å²) in [6, 6.07) is 0. The van der Waals surface area contributed by atoms with Gasteiger partial charge in [-0.1, -0.05) is 25.6 Å². The molecular formula is C17H25FN2OS. The SMILES string of the molecule is CC(C)C1(C)SC(NC23CC4CC(CC(F)(C4)C2)C3)=NC1=O. The van der Waals surface area contributed by atoms with Crippen molar-refractivity contribution < 1.29 is 9.18 Å². The Morgan fingerprint density at radius 3 is 2.41 bits per heavy atom. The zero-order chi connectivity index (χ0) is 15.8. The summed E-state index contributed by atoms with van der Waals surface area (Å²) >= 11 is 1.54. The van der Waals surface area contributed by atoms with Gasteiger partial charge in [0.2, 0.25) is 0 Å². The lowest BCUT2D eigenvalue weighted by Gasteiger charge is -2.59. The van der Waals surface area contributed by atoms with Crippen LogP contribution in [0.5, 0.6) is 0 Å². The van der Waals surface area contributed by atoms with Crippen LogP contribution >= 0.6 is 11.8 Å². The molecule has 0 aromatic carbocycles. The molecule has 4 saturated carbocycles. The Kier molecular flexibility index (Phi) is 3.06. The van der Waals surface area contributed by atoms with Gasteiger partial charge in [0.05, 0.1) is 0 Å². The lowest BCUT2D eigenvalue weighted by molar-refractivity contribution is -0.120. The molecule has 4 bridgehead atoms. The van der Waals surface area contributed by atoms with Crippen LogP contribution in [0.15, 0.2) is 4.99 Å². The summed E-state index contributed by atoms with van der Waals surface area (Å²) in [5, 5.41) is 4.27. The molecule has 0 aromatic heterocycles. The molecule has 5 rings (SSSR count). The first-order valence-corrected chi connectivity index (χ1v) is 9.33. The van der Waals surface area contributed by atoms with Crippen molar-refractivity contribution in [2.75, 3.05) is 0 Å². The monoisotopic (exact) mass is 324 g/mol. The van der Waals surface area contributed by atoms with Gasteiger partial charge >= 0.3 is 0 Å². The molecule has 22 heavy (non-hydrogen) atoms. The molecule has 4 aliphatic carbocycles. The van der Waals surface area contributed by atoms with E-state index in [2.05, 4.69) is 24.2 Å². The van der Waals surface area contributed by atoms with Gasteiger partial charge in [-0.3, -0.25) is 4.79 Å². The largest absolute Gasteiger partial charge is 0.359 e. The minimum atomic E-state index is -0.980. The summed E-state index contributed by atoms with van der Waals surface area (Å²) in [4.78, 5) is 16.5. The van der Waals surface area contributed by atoms with E-state index in [0.717, 1.165) is 30.9 Å². The highest BCUT2D eigenvalue weighted by Gasteiger charge is 2.59. The van der Waals surface area contributed by atoms with Crippen LogP contribution in [-0.4, -0.2) is 27.0 Å². The number of hydrogen-bond acceptors (Lipinski definition) is 3. The molecule has 1 amide bonds. The lowest BCUT2D eigenvalue weighted by atomic mass is 9.52. The van der Waals surface area contributed by atoms with Gasteiger partial charge in [-0.2, -0.15) is 4.99 Å². The molecule has 5 aliphatic rings. The highest BCUT2D eigenvalue weighted by molar-refractivity contribution is 8.16. The van der Waals surface area contributed by atoms with Crippen molar-refractivity contribution in [3.8, 4) is 0 Å². The van der Waals surface area contributed by atoms with E-state index < -0.39 is 10.4 Å². The second kappa shape index (κ2) is 4.49. The molecule has 3 nitrogen and oxygen atoms in total. The fourth-order valence-electron chi connectivity index (χ4n) is 5.41. The molecule has 1 aliphatic heterocycles. The minimum absolute atomic E-state index is 0.0466. The number of carbonyl (C=O) groups is 1. The Hall–Kier alpha value is -0.580. The summed E-state index contributed by atoms with van der Waals surface area (Å²) in [6.45, 7) is 6.09. The molecule has 4 fully saturated rings. The zero-order valence-corrected chi connectivity index (χ0v) is 14.4. The fraction of sp³-hybridized carbons (Fsp3) is 0.882. The molecule has 0 saturated heterocycles. The van der Waals surface area contributed by atoms with E-state index in [4.69, 9.17) is 0 Å². The van der Waals surface area contributed by atoms with Crippen LogP contribution in [0.2, 0.25) is 0 Å². The summed E-state index contributed by atoms with van der Waals surface area (Å²) in [5.74, 6) is 1.21. The summed E-state index contributed by atoms with van der Waals surface area (Å²) < 4.78 is 14.5. The predicted octanol–water partition coefficient (Wildman–Crippen LogP) is 3.68. The van der Waals surface area contributed by atoms with Gasteiger partial charge in [-0.15, -0.1) is 0 Å². The Balaban J connectivity index is 1.55. The Morgan fingerprint density at radius 2 is 1.91 bits per heavy atom. The smallest absolute Gasteiger partial charge is 0.264 e. The molecule has 0 spiro atoms. The van der Waals surface area contributed by atoms with E-state index in [0.29, 0.717) is 18.3 Å². The van der Waals surface area contributed by atoms with Gasteiger partial charge < -0.3 is 5.32 Å². The van der Waals surface area contributed by atoms with Crippen LogP contribution in [-0.2, 0) is 4.79 Å². The number of nitrogens with one attached hydrogen (secondary N) is 1. The maximum Gasteiger partial charge on any atom is 0.264 e. The van der Waals surface area contributed by atoms with Gasteiger partial charge in [-0.05, 0) is 56.8 Å². The first kappa shape index (κ1) is 15.0. The summed E-state index contributed by atoms with van der Waals surface area (Å²) in [5.41, 5.74) is -1.14. The maximum absolute atomic E-state index is 15.0. The number of thioether (sulfide) groups is 1. The molecule has 3 unspecified atom stereocenters. The van der Waals surface area contributed by atoms with Crippen molar-refractivity contribution in [1.29, 1.82) is 0 Å². The van der Waals surface area contributed by atoms with Crippen molar-refractivity contribution >= 4 is 22.8 Å². The van der Waals surface area contributed by atoms with Gasteiger partial charge in [0.15, 0.2) is 5.17 Å². The second-order valence-corrected chi connectivity index (χ2v) is 10.0. The molecule has 0 radical (unpaired) electrons. The number of rotatable bonds is 2. The van der Waals surface area contributed by atoms with E-state index in [1.807, 2.05) is 6.92 Å². The number of hydrogen-bond donors (Lipinski definition) is 1. The number of halogens is 1. The van der Waals surface area contributed by atoms with E-state index in [-0.39, 0.29) is 17.4 Å². The van der Waals surface area contributed by atoms with Gasteiger partial charge in [0.25, 0.3) is 5.91 Å². The quantitative estimate of drug-likeness (QED) is 0.842. The van der Waals surface area contributed by atoms with Gasteiger partial charge in [-0.25, -0.2) is 4.39 Å². The van der Waals surface area contributed by atoms with Crippen LogP contribution in [0, 0.1) is 17.8 Å². The van der Waals surface area contributed by atoms with Crippen LogP contribution in [0.4, 0.5) is 4.39 Å². The third-order valence-electron chi connectivity index (χ3n) is 6.40. The normalized spacial score (nSPS) is 49.9. The van der Waals surface area contributed by atoms with Crippen molar-refractivity contribution in [3.05, 3.63) is 0 Å². The molecule has 1 N–H and O–H groups in total. The maximum atomic E-state index is 15.0. The fourth-order valence-corrected chi connectivity index (χ4v) is 6.58. The number of nitrogens with zero attached hydrogens (tertiary/aromatic N) is 1. The molecular weight excluding hydrogens is 299 g/mol. The standard InChI is InChI=1S/C17H25FN2OS/c1-10(2)15(3)13(21)19-14(22-15)20-17-7-11-4-12(8-17)6-16(18,5-11)9-17/h10-12H,4-9H2,1-3H3,(H,19,20,21). The Labute approximate surface area is 135 Å². The van der Waals surface area contributed by atoms with E-state index in [1.165, 1.54) is 6.42 Å². The third-order valence-corrected chi connectivity index (χ3v) is 7.86. The van der Waals surface area contributed by atoms with Crippen LogP contribution in [0.25, 0.3) is 0 Å². The zero-order valence-electron chi connectivity index (χ0n) is 13.6. The van der Waals surface area contributed by atoms with Crippen molar-refractivity contribution in [2.24, 2.45) is 22.7 Å². The topological polar surface area (TPSA) is 41.5 Å². The van der Waals surface area contributed by atoms with Gasteiger partial charge in [0.1, 0.15) is 10.4 Å². The Bertz CT molecular complexity index is 547. The average Bonchev–Trinajstić information content (AvgIpc) is 2.61. The van der Waals surface area contributed by atoms with E-state index in [1.54, 1.807) is 11.8 Å². The molecule has 122 valence electrons. The first-order chi connectivity index (χ1) is 10.2. The number of amidine groups is 1. The predicted molar refractivity (Wildman–Crippen MR) is 87.7 cm³/mol. The van der Waals surface area contributed by atoms with Crippen LogP contribution < -0.4 is 5.32 Å². The Morgan fingerprint density at radius 1 is 1.27 bits per heavy atom. The number of amides is 1. The number of aliphatic imine (C=N–C) groups is 1.